The molecule has 126 valence electrons. The van der Waals surface area contributed by atoms with Crippen LogP contribution in [0.15, 0.2) is 60.8 Å². The lowest BCUT2D eigenvalue weighted by molar-refractivity contribution is 0.0924. The van der Waals surface area contributed by atoms with Crippen molar-refractivity contribution in [3.8, 4) is 11.4 Å². The first kappa shape index (κ1) is 15.4. The van der Waals surface area contributed by atoms with E-state index in [4.69, 9.17) is 0 Å². The number of nitrogens with zero attached hydrogens (tertiary/aromatic N) is 2. The minimum absolute atomic E-state index is 0.0428. The molecule has 1 heterocycles. The number of rotatable bonds is 3. The van der Waals surface area contributed by atoms with Crippen molar-refractivity contribution in [1.82, 2.24) is 15.1 Å². The summed E-state index contributed by atoms with van der Waals surface area (Å²) in [5.41, 5.74) is 3.27. The molecule has 0 fully saturated rings. The van der Waals surface area contributed by atoms with E-state index in [0.717, 1.165) is 30.5 Å². The first-order valence-electron chi connectivity index (χ1n) is 8.45. The van der Waals surface area contributed by atoms with Crippen molar-refractivity contribution in [2.45, 2.75) is 25.3 Å². The van der Waals surface area contributed by atoms with Gasteiger partial charge in [-0.15, -0.1) is 0 Å². The van der Waals surface area contributed by atoms with E-state index in [-0.39, 0.29) is 23.4 Å². The van der Waals surface area contributed by atoms with Crippen molar-refractivity contribution in [2.24, 2.45) is 0 Å². The molecule has 0 spiro atoms. The van der Waals surface area contributed by atoms with Crippen LogP contribution in [0.2, 0.25) is 0 Å². The van der Waals surface area contributed by atoms with Crippen LogP contribution in [0.3, 0.4) is 0 Å². The second kappa shape index (κ2) is 6.43. The minimum atomic E-state index is -0.353. The van der Waals surface area contributed by atoms with Crippen LogP contribution >= 0.6 is 0 Å². The third-order valence-electron chi connectivity index (χ3n) is 4.61. The number of para-hydroxylation sites is 1. The van der Waals surface area contributed by atoms with Gasteiger partial charge in [-0.25, -0.2) is 4.68 Å². The standard InChI is InChI=1S/C20H19N3O2/c24-18-13-23(15-9-2-1-3-10-15)22-19(18)20(25)21-17-12-6-8-14-7-4-5-11-16(14)17/h1-5,7,9-11,13,17,24H,6,8,12H2,(H,21,25)/t17-/m1/s1. The number of carbonyl (C=O) groups is 1. The predicted molar refractivity (Wildman–Crippen MR) is 94.8 cm³/mol. The minimum Gasteiger partial charge on any atom is -0.504 e. The maximum absolute atomic E-state index is 12.6. The number of carbonyl (C=O) groups excluding carboxylic acids is 1. The largest absolute Gasteiger partial charge is 0.504 e. The summed E-state index contributed by atoms with van der Waals surface area (Å²) in [5.74, 6) is -0.473. The molecule has 0 bridgehead atoms. The Balaban J connectivity index is 1.58. The lowest BCUT2D eigenvalue weighted by atomic mass is 9.87. The molecular weight excluding hydrogens is 314 g/mol. The van der Waals surface area contributed by atoms with Crippen molar-refractivity contribution in [2.75, 3.05) is 0 Å². The van der Waals surface area contributed by atoms with E-state index in [9.17, 15) is 9.90 Å². The van der Waals surface area contributed by atoms with Crippen LogP contribution in [-0.4, -0.2) is 20.8 Å². The van der Waals surface area contributed by atoms with Gasteiger partial charge in [0.2, 0.25) is 0 Å². The SMILES string of the molecule is O=C(N[C@@H]1CCCc2ccccc21)c1nn(-c2ccccc2)cc1O. The zero-order chi connectivity index (χ0) is 17.2. The summed E-state index contributed by atoms with van der Waals surface area (Å²) < 4.78 is 1.51. The summed E-state index contributed by atoms with van der Waals surface area (Å²) in [4.78, 5) is 12.6. The fourth-order valence-corrected chi connectivity index (χ4v) is 3.37. The third kappa shape index (κ3) is 3.01. The summed E-state index contributed by atoms with van der Waals surface area (Å²) >= 11 is 0. The second-order valence-corrected chi connectivity index (χ2v) is 6.26. The number of aryl methyl sites for hydroxylation is 1. The molecule has 0 unspecified atom stereocenters. The lowest BCUT2D eigenvalue weighted by Gasteiger charge is -2.26. The number of benzene rings is 2. The van der Waals surface area contributed by atoms with E-state index in [1.807, 2.05) is 42.5 Å². The Morgan fingerprint density at radius 1 is 1.12 bits per heavy atom. The molecule has 0 radical (unpaired) electrons. The van der Waals surface area contributed by atoms with Crippen molar-refractivity contribution >= 4 is 5.91 Å². The van der Waals surface area contributed by atoms with E-state index in [1.165, 1.54) is 16.4 Å². The van der Waals surface area contributed by atoms with E-state index < -0.39 is 0 Å². The average Bonchev–Trinajstić information content (AvgIpc) is 3.05. The number of hydrogen-bond donors (Lipinski definition) is 2. The first-order chi connectivity index (χ1) is 12.2. The molecule has 0 aliphatic heterocycles. The molecular formula is C20H19N3O2. The molecule has 1 aliphatic carbocycles. The molecule has 0 saturated heterocycles. The number of nitrogens with one attached hydrogen (secondary N) is 1. The molecule has 2 aromatic carbocycles. The molecule has 4 rings (SSSR count). The van der Waals surface area contributed by atoms with Crippen LogP contribution in [0.4, 0.5) is 0 Å². The van der Waals surface area contributed by atoms with Gasteiger partial charge in [0.25, 0.3) is 5.91 Å². The quantitative estimate of drug-likeness (QED) is 0.772. The van der Waals surface area contributed by atoms with Crippen molar-refractivity contribution in [1.29, 1.82) is 0 Å². The first-order valence-corrected chi connectivity index (χ1v) is 8.45. The summed E-state index contributed by atoms with van der Waals surface area (Å²) in [6, 6.07) is 17.5. The van der Waals surface area contributed by atoms with Crippen molar-refractivity contribution in [3.05, 3.63) is 77.6 Å². The monoisotopic (exact) mass is 333 g/mol. The molecule has 25 heavy (non-hydrogen) atoms. The summed E-state index contributed by atoms with van der Waals surface area (Å²) in [7, 11) is 0. The summed E-state index contributed by atoms with van der Waals surface area (Å²) in [5, 5.41) is 17.4. The summed E-state index contributed by atoms with van der Waals surface area (Å²) in [6.45, 7) is 0. The van der Waals surface area contributed by atoms with Gasteiger partial charge in [-0.3, -0.25) is 4.79 Å². The average molecular weight is 333 g/mol. The highest BCUT2D eigenvalue weighted by Crippen LogP contribution is 2.30. The van der Waals surface area contributed by atoms with Crippen LogP contribution in [-0.2, 0) is 6.42 Å². The fraction of sp³-hybridized carbons (Fsp3) is 0.200. The maximum Gasteiger partial charge on any atom is 0.276 e. The van der Waals surface area contributed by atoms with Crippen LogP contribution in [0, 0.1) is 0 Å². The van der Waals surface area contributed by atoms with Crippen LogP contribution < -0.4 is 5.32 Å². The molecule has 2 N–H and O–H groups in total. The molecule has 1 amide bonds. The number of amides is 1. The molecule has 1 aromatic heterocycles. The van der Waals surface area contributed by atoms with E-state index in [2.05, 4.69) is 22.5 Å². The third-order valence-corrected chi connectivity index (χ3v) is 4.61. The van der Waals surface area contributed by atoms with Gasteiger partial charge >= 0.3 is 0 Å². The Labute approximate surface area is 145 Å². The van der Waals surface area contributed by atoms with Gasteiger partial charge in [-0.1, -0.05) is 42.5 Å². The van der Waals surface area contributed by atoms with Crippen molar-refractivity contribution < 1.29 is 9.90 Å². The normalized spacial score (nSPS) is 16.2. The molecule has 5 nitrogen and oxygen atoms in total. The number of aromatic nitrogens is 2. The number of aromatic hydroxyl groups is 1. The highest BCUT2D eigenvalue weighted by molar-refractivity contribution is 5.95. The van der Waals surface area contributed by atoms with E-state index in [0.29, 0.717) is 0 Å². The highest BCUT2D eigenvalue weighted by atomic mass is 16.3. The summed E-state index contributed by atoms with van der Waals surface area (Å²) in [6.07, 6.45) is 4.42. The van der Waals surface area contributed by atoms with Crippen molar-refractivity contribution in [3.63, 3.8) is 0 Å². The van der Waals surface area contributed by atoms with E-state index >= 15 is 0 Å². The van der Waals surface area contributed by atoms with Gasteiger partial charge < -0.3 is 10.4 Å². The van der Waals surface area contributed by atoms with Gasteiger partial charge in [0, 0.05) is 0 Å². The van der Waals surface area contributed by atoms with Gasteiger partial charge in [0.1, 0.15) is 0 Å². The smallest absolute Gasteiger partial charge is 0.276 e. The number of hydrogen-bond acceptors (Lipinski definition) is 3. The topological polar surface area (TPSA) is 67.2 Å². The zero-order valence-electron chi connectivity index (χ0n) is 13.7. The zero-order valence-corrected chi connectivity index (χ0v) is 13.7. The second-order valence-electron chi connectivity index (χ2n) is 6.26. The Kier molecular flexibility index (Phi) is 3.98. The highest BCUT2D eigenvalue weighted by Gasteiger charge is 2.24. The van der Waals surface area contributed by atoms with E-state index in [1.54, 1.807) is 0 Å². The van der Waals surface area contributed by atoms with Gasteiger partial charge in [-0.05, 0) is 42.5 Å². The number of fused-ring (bicyclic) bond motifs is 1. The van der Waals surface area contributed by atoms with Crippen LogP contribution in [0.25, 0.3) is 5.69 Å². The molecule has 5 heteroatoms. The molecule has 0 saturated carbocycles. The lowest BCUT2D eigenvalue weighted by Crippen LogP contribution is -2.31. The van der Waals surface area contributed by atoms with Crippen LogP contribution in [0.5, 0.6) is 5.75 Å². The maximum atomic E-state index is 12.6. The van der Waals surface area contributed by atoms with Crippen LogP contribution in [0.1, 0.15) is 40.5 Å². The Morgan fingerprint density at radius 2 is 1.88 bits per heavy atom. The van der Waals surface area contributed by atoms with Gasteiger partial charge in [-0.2, -0.15) is 5.10 Å². The Bertz CT molecular complexity index is 902. The molecule has 3 aromatic rings. The Morgan fingerprint density at radius 3 is 2.72 bits per heavy atom. The predicted octanol–water partition coefficient (Wildman–Crippen LogP) is 3.39. The molecule has 1 atom stereocenters. The Hall–Kier alpha value is -3.08. The fourth-order valence-electron chi connectivity index (χ4n) is 3.37. The molecule has 1 aliphatic rings. The van der Waals surface area contributed by atoms with Gasteiger partial charge in [0.05, 0.1) is 17.9 Å². The van der Waals surface area contributed by atoms with Gasteiger partial charge in [0.15, 0.2) is 11.4 Å².